The van der Waals surface area contributed by atoms with E-state index in [0.29, 0.717) is 0 Å². The predicted molar refractivity (Wildman–Crippen MR) is 47.4 cm³/mol. The highest BCUT2D eigenvalue weighted by Gasteiger charge is 2.19. The summed E-state index contributed by atoms with van der Waals surface area (Å²) in [4.78, 5) is 21.0. The average molecular weight is 205 g/mol. The topological polar surface area (TPSA) is 84.9 Å². The number of hydrogen-bond donors (Lipinski definition) is 2. The van der Waals surface area contributed by atoms with E-state index in [4.69, 9.17) is 9.84 Å². The van der Waals surface area contributed by atoms with Crippen molar-refractivity contribution in [2.45, 2.75) is 32.6 Å². The van der Waals surface area contributed by atoms with Gasteiger partial charge in [-0.2, -0.15) is 0 Å². The maximum atomic E-state index is 11.1. The third kappa shape index (κ3) is 6.24. The molecule has 0 aromatic heterocycles. The molecule has 0 fully saturated rings. The monoisotopic (exact) mass is 205 g/mol. The highest BCUT2D eigenvalue weighted by atomic mass is 16.6. The molecule has 6 heteroatoms. The Morgan fingerprint density at radius 1 is 1.57 bits per heavy atom. The minimum atomic E-state index is -1.07. The SMILES string of the molecule is CC(C)(C)OC(=O)N[C@H](CO)OC=O. The van der Waals surface area contributed by atoms with Gasteiger partial charge in [-0.15, -0.1) is 0 Å². The first-order chi connectivity index (χ1) is 6.39. The Bertz CT molecular complexity index is 198. The van der Waals surface area contributed by atoms with Gasteiger partial charge in [-0.3, -0.25) is 10.1 Å². The zero-order chi connectivity index (χ0) is 11.2. The van der Waals surface area contributed by atoms with Crippen molar-refractivity contribution < 1.29 is 24.2 Å². The van der Waals surface area contributed by atoms with Crippen molar-refractivity contribution in [3.05, 3.63) is 0 Å². The molecule has 0 unspecified atom stereocenters. The molecule has 0 bridgehead atoms. The van der Waals surface area contributed by atoms with Crippen LogP contribution in [0.5, 0.6) is 0 Å². The van der Waals surface area contributed by atoms with Gasteiger partial charge in [-0.05, 0) is 20.8 Å². The summed E-state index contributed by atoms with van der Waals surface area (Å²) >= 11 is 0. The lowest BCUT2D eigenvalue weighted by molar-refractivity contribution is -0.136. The Morgan fingerprint density at radius 3 is 2.50 bits per heavy atom. The number of carbonyl (C=O) groups excluding carboxylic acids is 2. The van der Waals surface area contributed by atoms with Crippen molar-refractivity contribution in [1.82, 2.24) is 5.32 Å². The maximum Gasteiger partial charge on any atom is 0.410 e. The summed E-state index contributed by atoms with van der Waals surface area (Å²) in [6.45, 7) is 4.72. The molecule has 1 amide bonds. The highest BCUT2D eigenvalue weighted by Crippen LogP contribution is 2.06. The third-order valence-electron chi connectivity index (χ3n) is 1.06. The van der Waals surface area contributed by atoms with Gasteiger partial charge in [0.1, 0.15) is 5.60 Å². The van der Waals surface area contributed by atoms with Gasteiger partial charge < -0.3 is 14.6 Å². The van der Waals surface area contributed by atoms with Gasteiger partial charge in [-0.25, -0.2) is 4.79 Å². The van der Waals surface area contributed by atoms with Gasteiger partial charge in [0.25, 0.3) is 6.47 Å². The van der Waals surface area contributed by atoms with Crippen LogP contribution in [0.4, 0.5) is 4.79 Å². The predicted octanol–water partition coefficient (Wildman–Crippen LogP) is 0.00250. The van der Waals surface area contributed by atoms with E-state index in [2.05, 4.69) is 10.1 Å². The number of ether oxygens (including phenoxy) is 2. The number of alkyl carbamates (subject to hydrolysis) is 1. The first-order valence-corrected chi connectivity index (χ1v) is 4.08. The molecule has 0 aromatic carbocycles. The summed E-state index contributed by atoms with van der Waals surface area (Å²) in [6, 6.07) is 0. The van der Waals surface area contributed by atoms with Crippen LogP contribution in [0, 0.1) is 0 Å². The Labute approximate surface area is 82.2 Å². The average Bonchev–Trinajstić information content (AvgIpc) is 2.00. The van der Waals surface area contributed by atoms with E-state index in [-0.39, 0.29) is 6.47 Å². The number of carbonyl (C=O) groups is 2. The van der Waals surface area contributed by atoms with Crippen LogP contribution < -0.4 is 5.32 Å². The highest BCUT2D eigenvalue weighted by molar-refractivity contribution is 5.68. The van der Waals surface area contributed by atoms with Crippen molar-refractivity contribution in [2.24, 2.45) is 0 Å². The lowest BCUT2D eigenvalue weighted by Gasteiger charge is -2.21. The molecular formula is C8H15NO5. The summed E-state index contributed by atoms with van der Waals surface area (Å²) < 4.78 is 9.19. The van der Waals surface area contributed by atoms with E-state index in [1.54, 1.807) is 20.8 Å². The second-order valence-corrected chi connectivity index (χ2v) is 3.55. The molecule has 0 spiro atoms. The van der Waals surface area contributed by atoms with Crippen molar-refractivity contribution in [1.29, 1.82) is 0 Å². The summed E-state index contributed by atoms with van der Waals surface area (Å²) in [6.07, 6.45) is -1.82. The van der Waals surface area contributed by atoms with Crippen LogP contribution in [-0.2, 0) is 14.3 Å². The van der Waals surface area contributed by atoms with Gasteiger partial charge >= 0.3 is 6.09 Å². The molecule has 0 aliphatic heterocycles. The van der Waals surface area contributed by atoms with E-state index < -0.39 is 24.5 Å². The second-order valence-electron chi connectivity index (χ2n) is 3.55. The van der Waals surface area contributed by atoms with Crippen LogP contribution in [0.25, 0.3) is 0 Å². The molecule has 0 saturated heterocycles. The minimum Gasteiger partial charge on any atom is -0.444 e. The zero-order valence-corrected chi connectivity index (χ0v) is 8.44. The zero-order valence-electron chi connectivity index (χ0n) is 8.44. The van der Waals surface area contributed by atoms with E-state index in [9.17, 15) is 9.59 Å². The van der Waals surface area contributed by atoms with Crippen molar-refractivity contribution >= 4 is 12.6 Å². The van der Waals surface area contributed by atoms with E-state index in [1.165, 1.54) is 0 Å². The van der Waals surface area contributed by atoms with Crippen molar-refractivity contribution in [2.75, 3.05) is 6.61 Å². The molecule has 0 saturated carbocycles. The Balaban J connectivity index is 3.96. The molecule has 1 atom stereocenters. The number of aliphatic hydroxyl groups is 1. The molecule has 0 aromatic rings. The summed E-state index contributed by atoms with van der Waals surface area (Å²) in [5, 5.41) is 10.8. The Hall–Kier alpha value is -1.30. The van der Waals surface area contributed by atoms with Crippen LogP contribution >= 0.6 is 0 Å². The number of rotatable bonds is 4. The fourth-order valence-corrected chi connectivity index (χ4v) is 0.629. The van der Waals surface area contributed by atoms with E-state index >= 15 is 0 Å². The van der Waals surface area contributed by atoms with Gasteiger partial charge in [0.15, 0.2) is 0 Å². The third-order valence-corrected chi connectivity index (χ3v) is 1.06. The fourth-order valence-electron chi connectivity index (χ4n) is 0.629. The number of aliphatic hydroxyl groups excluding tert-OH is 1. The van der Waals surface area contributed by atoms with Gasteiger partial charge in [0.05, 0.1) is 6.61 Å². The normalized spacial score (nSPS) is 12.9. The van der Waals surface area contributed by atoms with Gasteiger partial charge in [-0.1, -0.05) is 0 Å². The Kier molecular flexibility index (Phi) is 4.93. The van der Waals surface area contributed by atoms with Crippen molar-refractivity contribution in [3.8, 4) is 0 Å². The molecule has 6 nitrogen and oxygen atoms in total. The standard InChI is InChI=1S/C8H15NO5/c1-8(2,3)14-7(12)9-6(4-10)13-5-11/h5-6,10H,4H2,1-3H3,(H,9,12)/t6-/m0/s1. The van der Waals surface area contributed by atoms with Crippen LogP contribution in [0.15, 0.2) is 0 Å². The van der Waals surface area contributed by atoms with E-state index in [1.807, 2.05) is 0 Å². The lowest BCUT2D eigenvalue weighted by Crippen LogP contribution is -2.42. The van der Waals surface area contributed by atoms with Gasteiger partial charge in [0.2, 0.25) is 6.23 Å². The Morgan fingerprint density at radius 2 is 2.14 bits per heavy atom. The lowest BCUT2D eigenvalue weighted by atomic mass is 10.2. The first-order valence-electron chi connectivity index (χ1n) is 4.08. The fraction of sp³-hybridized carbons (Fsp3) is 0.750. The molecular weight excluding hydrogens is 190 g/mol. The largest absolute Gasteiger partial charge is 0.444 e. The molecule has 0 radical (unpaired) electrons. The molecule has 2 N–H and O–H groups in total. The summed E-state index contributed by atoms with van der Waals surface area (Å²) in [5.74, 6) is 0. The molecule has 14 heavy (non-hydrogen) atoms. The van der Waals surface area contributed by atoms with Crippen molar-refractivity contribution in [3.63, 3.8) is 0 Å². The van der Waals surface area contributed by atoms with Crippen LogP contribution in [0.3, 0.4) is 0 Å². The molecule has 82 valence electrons. The quantitative estimate of drug-likeness (QED) is 0.498. The number of hydrogen-bond acceptors (Lipinski definition) is 5. The molecule has 0 heterocycles. The summed E-state index contributed by atoms with van der Waals surface area (Å²) in [5.41, 5.74) is -0.634. The minimum absolute atomic E-state index is 0.137. The van der Waals surface area contributed by atoms with Gasteiger partial charge in [0, 0.05) is 0 Å². The smallest absolute Gasteiger partial charge is 0.410 e. The molecule has 0 aliphatic rings. The number of nitrogens with one attached hydrogen (secondary N) is 1. The van der Waals surface area contributed by atoms with Crippen LogP contribution in [-0.4, -0.2) is 36.1 Å². The van der Waals surface area contributed by atoms with Crippen LogP contribution in [0.1, 0.15) is 20.8 Å². The first kappa shape index (κ1) is 12.7. The molecule has 0 aliphatic carbocycles. The summed E-state index contributed by atoms with van der Waals surface area (Å²) in [7, 11) is 0. The molecule has 0 rings (SSSR count). The number of amides is 1. The van der Waals surface area contributed by atoms with Crippen LogP contribution in [0.2, 0.25) is 0 Å². The second kappa shape index (κ2) is 5.43. The maximum absolute atomic E-state index is 11.1. The van der Waals surface area contributed by atoms with E-state index in [0.717, 1.165) is 0 Å².